The molecule has 2 N–H and O–H groups in total. The van der Waals surface area contributed by atoms with Gasteiger partial charge in [0.05, 0.1) is 18.4 Å². The van der Waals surface area contributed by atoms with Crippen molar-refractivity contribution in [3.8, 4) is 0 Å². The summed E-state index contributed by atoms with van der Waals surface area (Å²) in [5.41, 5.74) is 0. The number of carbonyl (C=O) groups excluding carboxylic acids is 1. The lowest BCUT2D eigenvalue weighted by molar-refractivity contribution is -0.165. The van der Waals surface area contributed by atoms with Crippen LogP contribution in [0.5, 0.6) is 0 Å². The van der Waals surface area contributed by atoms with Crippen molar-refractivity contribution in [2.75, 3.05) is 0 Å². The Morgan fingerprint density at radius 3 is 2.59 bits per heavy atom. The largest absolute Gasteiger partial charge is 0.481 e. The van der Waals surface area contributed by atoms with E-state index in [4.69, 9.17) is 9.84 Å². The van der Waals surface area contributed by atoms with Crippen LogP contribution in [0.1, 0.15) is 85.0 Å². The third kappa shape index (κ3) is 6.94. The molecule has 0 spiro atoms. The molecule has 0 heterocycles. The number of aliphatic hydroxyl groups excluding tert-OH is 1. The summed E-state index contributed by atoms with van der Waals surface area (Å²) in [5.74, 6) is 0.311. The molecule has 2 aliphatic carbocycles. The minimum Gasteiger partial charge on any atom is -0.481 e. The second-order valence-electron chi connectivity index (χ2n) is 9.43. The van der Waals surface area contributed by atoms with Gasteiger partial charge in [0.15, 0.2) is 0 Å². The third-order valence-corrected chi connectivity index (χ3v) is 7.29. The molecule has 0 saturated heterocycles. The molecule has 0 radical (unpaired) electrons. The van der Waals surface area contributed by atoms with E-state index in [2.05, 4.69) is 6.92 Å². The van der Waals surface area contributed by atoms with Gasteiger partial charge in [-0.3, -0.25) is 9.59 Å². The van der Waals surface area contributed by atoms with Gasteiger partial charge < -0.3 is 14.9 Å². The molecule has 3 unspecified atom stereocenters. The molecule has 8 atom stereocenters. The predicted molar refractivity (Wildman–Crippen MR) is 109 cm³/mol. The first-order valence-corrected chi connectivity index (χ1v) is 11.5. The number of carbonyl (C=O) groups is 2. The first-order chi connectivity index (χ1) is 13.7. The van der Waals surface area contributed by atoms with Crippen LogP contribution in [0.25, 0.3) is 0 Å². The monoisotopic (exact) mass is 414 g/mol. The number of aliphatic carboxylic acids is 1. The Morgan fingerprint density at radius 1 is 1.21 bits per heavy atom. The van der Waals surface area contributed by atoms with Crippen LogP contribution in [-0.2, 0) is 14.3 Å². The number of hydrogen-bond acceptors (Lipinski definition) is 4. The summed E-state index contributed by atoms with van der Waals surface area (Å²) in [6.45, 7) is 6.13. The van der Waals surface area contributed by atoms with E-state index in [1.54, 1.807) is 0 Å². The van der Waals surface area contributed by atoms with Crippen molar-refractivity contribution in [2.45, 2.75) is 103 Å². The number of alkyl halides is 1. The van der Waals surface area contributed by atoms with Crippen molar-refractivity contribution >= 4 is 11.9 Å². The number of carboxylic acids is 1. The molecule has 0 aromatic carbocycles. The first kappa shape index (κ1) is 24.1. The van der Waals surface area contributed by atoms with Gasteiger partial charge in [-0.1, -0.05) is 27.2 Å². The summed E-state index contributed by atoms with van der Waals surface area (Å²) >= 11 is 0. The average Bonchev–Trinajstić information content (AvgIpc) is 2.66. The number of fused-ring (bicyclic) bond motifs is 1. The Balaban J connectivity index is 1.99. The molecular formula is C23H39FO5. The van der Waals surface area contributed by atoms with Gasteiger partial charge >= 0.3 is 11.9 Å². The molecule has 0 amide bonds. The summed E-state index contributed by atoms with van der Waals surface area (Å²) in [5, 5.41) is 18.9. The Morgan fingerprint density at radius 2 is 1.93 bits per heavy atom. The minimum absolute atomic E-state index is 0.0546. The maximum Gasteiger partial charge on any atom is 0.308 e. The van der Waals surface area contributed by atoms with Crippen LogP contribution in [0.15, 0.2) is 0 Å². The number of halogens is 1. The lowest BCUT2D eigenvalue weighted by Gasteiger charge is -2.48. The van der Waals surface area contributed by atoms with Crippen LogP contribution in [0, 0.1) is 29.6 Å². The quantitative estimate of drug-likeness (QED) is 0.504. The van der Waals surface area contributed by atoms with E-state index >= 15 is 0 Å². The number of carboxylic acid groups (broad SMARTS) is 1. The van der Waals surface area contributed by atoms with Crippen molar-refractivity contribution < 1.29 is 28.9 Å². The maximum atomic E-state index is 13.7. The van der Waals surface area contributed by atoms with E-state index < -0.39 is 24.7 Å². The van der Waals surface area contributed by atoms with E-state index in [-0.39, 0.29) is 24.4 Å². The fourth-order valence-electron chi connectivity index (χ4n) is 5.42. The zero-order valence-electron chi connectivity index (χ0n) is 18.2. The molecule has 0 aromatic rings. The average molecular weight is 415 g/mol. The molecule has 6 heteroatoms. The molecule has 5 nitrogen and oxygen atoms in total. The standard InChI is InChI=1S/C23H39FO5/c1-4-14(2)23(28)29-20-7-5-6-16-9-8-15(3)19(22(16)20)11-10-18(25)12-17(24)13-21(26)27/h14-20,22,25H,4-13H2,1-3H3,(H,26,27)/t14-,15-,16?,17-,18+,19?,20-,22?/m0/s1. The molecule has 0 aromatic heterocycles. The Bertz CT molecular complexity index is 539. The summed E-state index contributed by atoms with van der Waals surface area (Å²) in [6.07, 6.45) is 4.36. The van der Waals surface area contributed by atoms with Gasteiger partial charge in [0.2, 0.25) is 0 Å². The fraction of sp³-hybridized carbons (Fsp3) is 0.913. The maximum absolute atomic E-state index is 13.7. The summed E-state index contributed by atoms with van der Waals surface area (Å²) in [4.78, 5) is 23.1. The third-order valence-electron chi connectivity index (χ3n) is 7.29. The molecule has 0 bridgehead atoms. The van der Waals surface area contributed by atoms with Crippen molar-refractivity contribution in [3.63, 3.8) is 0 Å². The summed E-state index contributed by atoms with van der Waals surface area (Å²) in [6, 6.07) is 0. The van der Waals surface area contributed by atoms with Crippen molar-refractivity contribution in [2.24, 2.45) is 29.6 Å². The van der Waals surface area contributed by atoms with Crippen LogP contribution in [0.2, 0.25) is 0 Å². The lowest BCUT2D eigenvalue weighted by Crippen LogP contribution is -2.46. The van der Waals surface area contributed by atoms with E-state index in [0.717, 1.165) is 38.5 Å². The predicted octanol–water partition coefficient (Wildman–Crippen LogP) is 4.75. The Hall–Kier alpha value is -1.17. The lowest BCUT2D eigenvalue weighted by atomic mass is 9.59. The molecule has 2 aliphatic rings. The minimum atomic E-state index is -1.52. The first-order valence-electron chi connectivity index (χ1n) is 11.5. The highest BCUT2D eigenvalue weighted by molar-refractivity contribution is 5.72. The van der Waals surface area contributed by atoms with Crippen LogP contribution < -0.4 is 0 Å². The van der Waals surface area contributed by atoms with Crippen LogP contribution in [0.3, 0.4) is 0 Å². The SMILES string of the molecule is CC[C@H](C)C(=O)O[C@H]1CCCC2CC[C@H](C)C(CC[C@@H](O)C[C@H](F)CC(=O)O)C21. The topological polar surface area (TPSA) is 83.8 Å². The molecule has 0 aliphatic heterocycles. The van der Waals surface area contributed by atoms with E-state index in [9.17, 15) is 19.1 Å². The van der Waals surface area contributed by atoms with Gasteiger partial charge in [-0.05, 0) is 62.7 Å². The highest BCUT2D eigenvalue weighted by Gasteiger charge is 2.45. The zero-order valence-corrected chi connectivity index (χ0v) is 18.2. The second-order valence-corrected chi connectivity index (χ2v) is 9.43. The Labute approximate surface area is 174 Å². The normalized spacial score (nSPS) is 32.7. The van der Waals surface area contributed by atoms with Crippen LogP contribution >= 0.6 is 0 Å². The van der Waals surface area contributed by atoms with E-state index in [1.165, 1.54) is 6.42 Å². The zero-order chi connectivity index (χ0) is 21.6. The molecule has 2 rings (SSSR count). The van der Waals surface area contributed by atoms with Gasteiger partial charge in [0, 0.05) is 12.3 Å². The number of esters is 1. The smallest absolute Gasteiger partial charge is 0.308 e. The van der Waals surface area contributed by atoms with Crippen LogP contribution in [-0.4, -0.2) is 40.5 Å². The molecule has 168 valence electrons. The molecule has 2 saturated carbocycles. The highest BCUT2D eigenvalue weighted by Crippen LogP contribution is 2.49. The molecule has 29 heavy (non-hydrogen) atoms. The number of hydrogen-bond donors (Lipinski definition) is 2. The van der Waals surface area contributed by atoms with E-state index in [0.29, 0.717) is 30.1 Å². The van der Waals surface area contributed by atoms with Gasteiger partial charge in [0.25, 0.3) is 0 Å². The Kier molecular flexibility index (Phi) is 9.38. The number of ether oxygens (including phenoxy) is 1. The van der Waals surface area contributed by atoms with E-state index in [1.807, 2.05) is 13.8 Å². The van der Waals surface area contributed by atoms with Gasteiger partial charge in [-0.15, -0.1) is 0 Å². The second kappa shape index (κ2) is 11.3. The van der Waals surface area contributed by atoms with Gasteiger partial charge in [-0.25, -0.2) is 4.39 Å². The summed E-state index contributed by atoms with van der Waals surface area (Å²) < 4.78 is 19.7. The summed E-state index contributed by atoms with van der Waals surface area (Å²) in [7, 11) is 0. The van der Waals surface area contributed by atoms with Crippen molar-refractivity contribution in [3.05, 3.63) is 0 Å². The van der Waals surface area contributed by atoms with Gasteiger partial charge in [0.1, 0.15) is 12.3 Å². The van der Waals surface area contributed by atoms with Crippen molar-refractivity contribution in [1.29, 1.82) is 0 Å². The van der Waals surface area contributed by atoms with Crippen molar-refractivity contribution in [1.82, 2.24) is 0 Å². The highest BCUT2D eigenvalue weighted by atomic mass is 19.1. The van der Waals surface area contributed by atoms with Gasteiger partial charge in [-0.2, -0.15) is 0 Å². The number of rotatable bonds is 10. The molecular weight excluding hydrogens is 375 g/mol. The molecule has 2 fully saturated rings. The number of aliphatic hydroxyl groups is 1. The van der Waals surface area contributed by atoms with Crippen LogP contribution in [0.4, 0.5) is 4.39 Å². The fourth-order valence-corrected chi connectivity index (χ4v) is 5.42.